The van der Waals surface area contributed by atoms with Gasteiger partial charge in [-0.05, 0) is 26.0 Å². The Kier molecular flexibility index (Phi) is 3.80. The van der Waals surface area contributed by atoms with Crippen LogP contribution in [0, 0.1) is 6.92 Å². The highest BCUT2D eigenvalue weighted by molar-refractivity contribution is 5.92. The van der Waals surface area contributed by atoms with E-state index in [0.29, 0.717) is 12.2 Å². The number of pyridine rings is 1. The van der Waals surface area contributed by atoms with Crippen LogP contribution in [0.3, 0.4) is 0 Å². The molecule has 0 radical (unpaired) electrons. The Balaban J connectivity index is 2.76. The van der Waals surface area contributed by atoms with E-state index in [1.165, 1.54) is 4.90 Å². The molecule has 0 aromatic carbocycles. The van der Waals surface area contributed by atoms with Crippen LogP contribution < -0.4 is 0 Å². The second kappa shape index (κ2) is 4.89. The molecule has 1 aromatic heterocycles. The maximum absolute atomic E-state index is 11.8. The molecule has 4 heteroatoms. The van der Waals surface area contributed by atoms with Gasteiger partial charge < -0.3 is 10.0 Å². The summed E-state index contributed by atoms with van der Waals surface area (Å²) >= 11 is 0. The molecule has 0 unspecified atom stereocenters. The van der Waals surface area contributed by atoms with Crippen molar-refractivity contribution in [1.82, 2.24) is 9.88 Å². The second-order valence-corrected chi connectivity index (χ2v) is 3.70. The van der Waals surface area contributed by atoms with E-state index in [0.717, 1.165) is 5.69 Å². The van der Waals surface area contributed by atoms with Crippen molar-refractivity contribution >= 4 is 5.91 Å². The fourth-order valence-corrected chi connectivity index (χ4v) is 1.34. The molecule has 0 fully saturated rings. The van der Waals surface area contributed by atoms with Gasteiger partial charge in [-0.3, -0.25) is 4.79 Å². The van der Waals surface area contributed by atoms with E-state index in [1.54, 1.807) is 26.1 Å². The molecule has 0 aliphatic heterocycles. The SMILES string of the molecule is Cc1cccc(C(=O)N(C)C[C@@H](C)O)n1. The third kappa shape index (κ3) is 3.32. The normalized spacial score (nSPS) is 12.3. The lowest BCUT2D eigenvalue weighted by molar-refractivity contribution is 0.0698. The van der Waals surface area contributed by atoms with E-state index in [1.807, 2.05) is 13.0 Å². The van der Waals surface area contributed by atoms with Crippen LogP contribution in [-0.4, -0.2) is 40.6 Å². The number of aliphatic hydroxyl groups excluding tert-OH is 1. The van der Waals surface area contributed by atoms with Crippen LogP contribution in [0.5, 0.6) is 0 Å². The van der Waals surface area contributed by atoms with Crippen molar-refractivity contribution in [1.29, 1.82) is 0 Å². The number of likely N-dealkylation sites (N-methyl/N-ethyl adjacent to an activating group) is 1. The standard InChI is InChI=1S/C11H16N2O2/c1-8-5-4-6-10(12-8)11(15)13(3)7-9(2)14/h4-6,9,14H,7H2,1-3H3/t9-/m1/s1. The van der Waals surface area contributed by atoms with Crippen LogP contribution in [-0.2, 0) is 0 Å². The van der Waals surface area contributed by atoms with Gasteiger partial charge in [-0.2, -0.15) is 0 Å². The lowest BCUT2D eigenvalue weighted by Crippen LogP contribution is -2.33. The molecule has 15 heavy (non-hydrogen) atoms. The molecule has 0 spiro atoms. The van der Waals surface area contributed by atoms with Gasteiger partial charge in [-0.1, -0.05) is 6.07 Å². The van der Waals surface area contributed by atoms with Crippen molar-refractivity contribution in [2.45, 2.75) is 20.0 Å². The third-order valence-corrected chi connectivity index (χ3v) is 1.99. The molecule has 0 saturated carbocycles. The topological polar surface area (TPSA) is 53.4 Å². The van der Waals surface area contributed by atoms with Crippen LogP contribution in [0.4, 0.5) is 0 Å². The number of aliphatic hydroxyl groups is 1. The number of rotatable bonds is 3. The Morgan fingerprint density at radius 1 is 1.60 bits per heavy atom. The number of aromatic nitrogens is 1. The minimum Gasteiger partial charge on any atom is -0.392 e. The van der Waals surface area contributed by atoms with Crippen molar-refractivity contribution < 1.29 is 9.90 Å². The highest BCUT2D eigenvalue weighted by Crippen LogP contribution is 2.02. The molecule has 1 heterocycles. The first-order valence-electron chi connectivity index (χ1n) is 4.88. The van der Waals surface area contributed by atoms with Crippen LogP contribution in [0.1, 0.15) is 23.1 Å². The van der Waals surface area contributed by atoms with Crippen molar-refractivity contribution in [3.8, 4) is 0 Å². The summed E-state index contributed by atoms with van der Waals surface area (Å²) in [4.78, 5) is 17.4. The highest BCUT2D eigenvalue weighted by atomic mass is 16.3. The number of carbonyl (C=O) groups is 1. The Morgan fingerprint density at radius 3 is 2.80 bits per heavy atom. The Hall–Kier alpha value is -1.42. The maximum atomic E-state index is 11.8. The van der Waals surface area contributed by atoms with Gasteiger partial charge >= 0.3 is 0 Å². The molecular formula is C11H16N2O2. The Morgan fingerprint density at radius 2 is 2.27 bits per heavy atom. The van der Waals surface area contributed by atoms with E-state index in [-0.39, 0.29) is 5.91 Å². The van der Waals surface area contributed by atoms with E-state index in [9.17, 15) is 4.79 Å². The summed E-state index contributed by atoms with van der Waals surface area (Å²) < 4.78 is 0. The number of hydrogen-bond acceptors (Lipinski definition) is 3. The average molecular weight is 208 g/mol. The second-order valence-electron chi connectivity index (χ2n) is 3.70. The number of hydrogen-bond donors (Lipinski definition) is 1. The molecule has 0 bridgehead atoms. The third-order valence-electron chi connectivity index (χ3n) is 1.99. The largest absolute Gasteiger partial charge is 0.392 e. The van der Waals surface area contributed by atoms with E-state index < -0.39 is 6.10 Å². The summed E-state index contributed by atoms with van der Waals surface area (Å²) in [5.74, 6) is -0.167. The zero-order chi connectivity index (χ0) is 11.4. The molecule has 1 atom stereocenters. The van der Waals surface area contributed by atoms with Crippen LogP contribution >= 0.6 is 0 Å². The summed E-state index contributed by atoms with van der Waals surface area (Å²) in [5, 5.41) is 9.16. The first-order valence-corrected chi connectivity index (χ1v) is 4.88. The minimum atomic E-state index is -0.524. The van der Waals surface area contributed by atoms with Crippen LogP contribution in [0.2, 0.25) is 0 Å². The molecule has 0 aliphatic carbocycles. The zero-order valence-corrected chi connectivity index (χ0v) is 9.27. The van der Waals surface area contributed by atoms with Crippen LogP contribution in [0.15, 0.2) is 18.2 Å². The lowest BCUT2D eigenvalue weighted by Gasteiger charge is -2.18. The van der Waals surface area contributed by atoms with Gasteiger partial charge in [-0.15, -0.1) is 0 Å². The fraction of sp³-hybridized carbons (Fsp3) is 0.455. The summed E-state index contributed by atoms with van der Waals surface area (Å²) in [6.07, 6.45) is -0.524. The minimum absolute atomic E-state index is 0.167. The Bertz CT molecular complexity index is 350. The first-order chi connectivity index (χ1) is 7.00. The van der Waals surface area contributed by atoms with Crippen molar-refractivity contribution in [3.05, 3.63) is 29.6 Å². The van der Waals surface area contributed by atoms with Gasteiger partial charge in [0.25, 0.3) is 5.91 Å². The molecule has 0 aliphatic rings. The quantitative estimate of drug-likeness (QED) is 0.801. The number of nitrogens with zero attached hydrogens (tertiary/aromatic N) is 2. The molecule has 82 valence electrons. The van der Waals surface area contributed by atoms with E-state index in [4.69, 9.17) is 5.11 Å². The van der Waals surface area contributed by atoms with Gasteiger partial charge in [0.05, 0.1) is 6.10 Å². The summed E-state index contributed by atoms with van der Waals surface area (Å²) in [6, 6.07) is 5.31. The highest BCUT2D eigenvalue weighted by Gasteiger charge is 2.14. The predicted molar refractivity (Wildman–Crippen MR) is 57.6 cm³/mol. The average Bonchev–Trinajstić information content (AvgIpc) is 2.15. The monoisotopic (exact) mass is 208 g/mol. The fourth-order valence-electron chi connectivity index (χ4n) is 1.34. The van der Waals surface area contributed by atoms with Gasteiger partial charge in [0.15, 0.2) is 0 Å². The summed E-state index contributed by atoms with van der Waals surface area (Å²) in [6.45, 7) is 3.80. The van der Waals surface area contributed by atoms with Crippen LogP contribution in [0.25, 0.3) is 0 Å². The van der Waals surface area contributed by atoms with E-state index in [2.05, 4.69) is 4.98 Å². The molecule has 1 rings (SSSR count). The van der Waals surface area contributed by atoms with Gasteiger partial charge in [-0.25, -0.2) is 4.98 Å². The van der Waals surface area contributed by atoms with Gasteiger partial charge in [0, 0.05) is 19.3 Å². The molecular weight excluding hydrogens is 192 g/mol. The summed E-state index contributed by atoms with van der Waals surface area (Å²) in [7, 11) is 1.65. The molecule has 1 aromatic rings. The van der Waals surface area contributed by atoms with Gasteiger partial charge in [0.1, 0.15) is 5.69 Å². The molecule has 4 nitrogen and oxygen atoms in total. The number of amides is 1. The van der Waals surface area contributed by atoms with Crippen molar-refractivity contribution in [2.75, 3.05) is 13.6 Å². The maximum Gasteiger partial charge on any atom is 0.272 e. The van der Waals surface area contributed by atoms with Crippen molar-refractivity contribution in [2.24, 2.45) is 0 Å². The number of aryl methyl sites for hydroxylation is 1. The Labute approximate surface area is 89.6 Å². The molecule has 0 saturated heterocycles. The lowest BCUT2D eigenvalue weighted by atomic mass is 10.2. The van der Waals surface area contributed by atoms with Crippen molar-refractivity contribution in [3.63, 3.8) is 0 Å². The molecule has 1 amide bonds. The van der Waals surface area contributed by atoms with E-state index >= 15 is 0 Å². The number of carbonyl (C=O) groups excluding carboxylic acids is 1. The zero-order valence-electron chi connectivity index (χ0n) is 9.27. The molecule has 1 N–H and O–H groups in total. The predicted octanol–water partition coefficient (Wildman–Crippen LogP) is 0.843. The first kappa shape index (κ1) is 11.7. The smallest absolute Gasteiger partial charge is 0.272 e. The van der Waals surface area contributed by atoms with Gasteiger partial charge in [0.2, 0.25) is 0 Å². The summed E-state index contributed by atoms with van der Waals surface area (Å²) in [5.41, 5.74) is 1.23.